The number of benzene rings is 1. The lowest BCUT2D eigenvalue weighted by molar-refractivity contribution is -0.145. The lowest BCUT2D eigenvalue weighted by Gasteiger charge is -2.16. The third-order valence-corrected chi connectivity index (χ3v) is 6.34. The van der Waals surface area contributed by atoms with Gasteiger partial charge in [0.25, 0.3) is 5.91 Å². The molecular formula is C22H20ClF3N4O3S. The van der Waals surface area contributed by atoms with Crippen LogP contribution in [-0.4, -0.2) is 40.7 Å². The molecule has 1 amide bonds. The molecule has 7 nitrogen and oxygen atoms in total. The number of carbonyl (C=O) groups excluding carboxylic acids is 1. The summed E-state index contributed by atoms with van der Waals surface area (Å²) in [5.74, 6) is -0.911. The Kier molecular flexibility index (Phi) is 7.34. The molecule has 1 aliphatic heterocycles. The van der Waals surface area contributed by atoms with Gasteiger partial charge in [0, 0.05) is 41.6 Å². The van der Waals surface area contributed by atoms with Gasteiger partial charge in [-0.1, -0.05) is 11.6 Å². The van der Waals surface area contributed by atoms with E-state index in [0.29, 0.717) is 51.6 Å². The number of amides is 1. The lowest BCUT2D eigenvalue weighted by atomic mass is 10.1. The van der Waals surface area contributed by atoms with Crippen LogP contribution < -0.4 is 10.1 Å². The predicted molar refractivity (Wildman–Crippen MR) is 120 cm³/mol. The summed E-state index contributed by atoms with van der Waals surface area (Å²) in [7, 11) is 0. The summed E-state index contributed by atoms with van der Waals surface area (Å²) in [5, 5.41) is 3.38. The highest BCUT2D eigenvalue weighted by atomic mass is 35.5. The highest BCUT2D eigenvalue weighted by molar-refractivity contribution is 7.18. The second-order valence-corrected chi connectivity index (χ2v) is 9.45. The quantitative estimate of drug-likeness (QED) is 0.469. The van der Waals surface area contributed by atoms with Gasteiger partial charge in [-0.15, -0.1) is 11.3 Å². The molecular weight excluding hydrogens is 493 g/mol. The minimum atomic E-state index is -4.63. The molecule has 1 saturated heterocycles. The monoisotopic (exact) mass is 512 g/mol. The number of aromatic nitrogens is 3. The molecule has 0 bridgehead atoms. The van der Waals surface area contributed by atoms with Crippen molar-refractivity contribution in [1.82, 2.24) is 20.3 Å². The molecule has 0 spiro atoms. The molecule has 1 aliphatic rings. The molecule has 3 heterocycles. The molecule has 1 aromatic carbocycles. The number of thiazole rings is 1. The number of nitrogens with one attached hydrogen (secondary N) is 1. The fourth-order valence-corrected chi connectivity index (χ4v) is 4.22. The normalized spacial score (nSPS) is 16.9. The van der Waals surface area contributed by atoms with E-state index >= 15 is 0 Å². The Morgan fingerprint density at radius 2 is 2.03 bits per heavy atom. The van der Waals surface area contributed by atoms with Crippen molar-refractivity contribution in [3.63, 3.8) is 0 Å². The van der Waals surface area contributed by atoms with Gasteiger partial charge in [-0.2, -0.15) is 13.2 Å². The van der Waals surface area contributed by atoms with Gasteiger partial charge in [-0.3, -0.25) is 4.79 Å². The highest BCUT2D eigenvalue weighted by Gasteiger charge is 2.34. The van der Waals surface area contributed by atoms with E-state index in [0.717, 1.165) is 18.8 Å². The number of carbonyl (C=O) groups is 1. The standard InChI is InChI=1S/C22H20ClF3N4O3S/c1-12(16-7-28-21(29-8-16)22(24,25)26)30-19(31)14-4-15(20-27-9-18(23)34-20)6-17(5-14)33-11-13-2-3-32-10-13/h4-9,12-13H,2-3,10-11H2,1H3,(H,30,31)/t12?,13-/m0/s1. The minimum Gasteiger partial charge on any atom is -0.493 e. The average Bonchev–Trinajstić information content (AvgIpc) is 3.49. The largest absolute Gasteiger partial charge is 0.493 e. The molecule has 2 aromatic heterocycles. The van der Waals surface area contributed by atoms with Gasteiger partial charge < -0.3 is 14.8 Å². The maximum absolute atomic E-state index is 13.0. The second-order valence-electron chi connectivity index (χ2n) is 7.79. The number of rotatable bonds is 7. The number of hydrogen-bond acceptors (Lipinski definition) is 7. The number of halogens is 4. The average molecular weight is 513 g/mol. The van der Waals surface area contributed by atoms with Crippen LogP contribution in [0.2, 0.25) is 4.34 Å². The minimum absolute atomic E-state index is 0.273. The first-order valence-corrected chi connectivity index (χ1v) is 11.6. The van der Waals surface area contributed by atoms with Crippen LogP contribution in [0.5, 0.6) is 5.75 Å². The molecule has 0 saturated carbocycles. The lowest BCUT2D eigenvalue weighted by Crippen LogP contribution is -2.27. The zero-order valence-corrected chi connectivity index (χ0v) is 19.5. The summed E-state index contributed by atoms with van der Waals surface area (Å²) < 4.78 is 49.9. The van der Waals surface area contributed by atoms with Crippen molar-refractivity contribution in [3.05, 3.63) is 58.1 Å². The Labute approximate surface area is 202 Å². The van der Waals surface area contributed by atoms with E-state index in [1.807, 2.05) is 0 Å². The zero-order chi connectivity index (χ0) is 24.3. The van der Waals surface area contributed by atoms with E-state index in [9.17, 15) is 18.0 Å². The van der Waals surface area contributed by atoms with Crippen molar-refractivity contribution in [3.8, 4) is 16.3 Å². The first-order valence-electron chi connectivity index (χ1n) is 10.4. The van der Waals surface area contributed by atoms with E-state index < -0.39 is 23.9 Å². The van der Waals surface area contributed by atoms with E-state index in [1.54, 1.807) is 25.1 Å². The van der Waals surface area contributed by atoms with Gasteiger partial charge in [0.15, 0.2) is 0 Å². The number of ether oxygens (including phenoxy) is 2. The number of hydrogen-bond donors (Lipinski definition) is 1. The van der Waals surface area contributed by atoms with E-state index in [1.165, 1.54) is 17.5 Å². The third-order valence-electron chi connectivity index (χ3n) is 5.18. The molecule has 3 aromatic rings. The molecule has 1 fully saturated rings. The molecule has 2 atom stereocenters. The third kappa shape index (κ3) is 6.02. The van der Waals surface area contributed by atoms with Crippen LogP contribution >= 0.6 is 22.9 Å². The van der Waals surface area contributed by atoms with Gasteiger partial charge in [0.1, 0.15) is 15.1 Å². The topological polar surface area (TPSA) is 86.2 Å². The smallest absolute Gasteiger partial charge is 0.451 e. The summed E-state index contributed by atoms with van der Waals surface area (Å²) >= 11 is 7.29. The van der Waals surface area contributed by atoms with Crippen molar-refractivity contribution >= 4 is 28.8 Å². The van der Waals surface area contributed by atoms with E-state index in [2.05, 4.69) is 20.3 Å². The van der Waals surface area contributed by atoms with E-state index in [-0.39, 0.29) is 5.92 Å². The van der Waals surface area contributed by atoms with Crippen LogP contribution in [0.15, 0.2) is 36.8 Å². The Balaban J connectivity index is 1.53. The van der Waals surface area contributed by atoms with Crippen LogP contribution in [0.3, 0.4) is 0 Å². The van der Waals surface area contributed by atoms with Crippen molar-refractivity contribution < 1.29 is 27.4 Å². The Morgan fingerprint density at radius 3 is 2.65 bits per heavy atom. The summed E-state index contributed by atoms with van der Waals surface area (Å²) in [5.41, 5.74) is 1.30. The maximum atomic E-state index is 13.0. The van der Waals surface area contributed by atoms with Crippen LogP contribution in [0.1, 0.15) is 41.1 Å². The number of alkyl halides is 3. The SMILES string of the molecule is CC(NC(=O)c1cc(OC[C@H]2CCOC2)cc(-c2ncc(Cl)s2)c1)c1cnc(C(F)(F)F)nc1. The van der Waals surface area contributed by atoms with Gasteiger partial charge >= 0.3 is 6.18 Å². The molecule has 12 heteroatoms. The Morgan fingerprint density at radius 1 is 1.26 bits per heavy atom. The Bertz CT molecular complexity index is 1150. The van der Waals surface area contributed by atoms with Crippen LogP contribution in [-0.2, 0) is 10.9 Å². The molecule has 180 valence electrons. The molecule has 1 N–H and O–H groups in total. The second kappa shape index (κ2) is 10.2. The summed E-state index contributed by atoms with van der Waals surface area (Å²) in [6.07, 6.45) is -0.107. The van der Waals surface area contributed by atoms with Gasteiger partial charge in [0.2, 0.25) is 5.82 Å². The van der Waals surface area contributed by atoms with Crippen molar-refractivity contribution in [1.29, 1.82) is 0 Å². The van der Waals surface area contributed by atoms with Crippen molar-refractivity contribution in [2.24, 2.45) is 5.92 Å². The summed E-state index contributed by atoms with van der Waals surface area (Å²) in [6.45, 7) is 3.40. The zero-order valence-electron chi connectivity index (χ0n) is 17.9. The number of nitrogens with zero attached hydrogens (tertiary/aromatic N) is 3. The fraction of sp³-hybridized carbons (Fsp3) is 0.364. The van der Waals surface area contributed by atoms with Gasteiger partial charge in [-0.05, 0) is 31.5 Å². The van der Waals surface area contributed by atoms with Crippen molar-refractivity contribution in [2.75, 3.05) is 19.8 Å². The molecule has 4 rings (SSSR count). The van der Waals surface area contributed by atoms with Gasteiger partial charge in [-0.25, -0.2) is 15.0 Å². The first kappa shape index (κ1) is 24.4. The van der Waals surface area contributed by atoms with Crippen LogP contribution in [0.25, 0.3) is 10.6 Å². The Hall–Kier alpha value is -2.76. The predicted octanol–water partition coefficient (Wildman–Crippen LogP) is 5.18. The van der Waals surface area contributed by atoms with E-state index in [4.69, 9.17) is 21.1 Å². The highest BCUT2D eigenvalue weighted by Crippen LogP contribution is 2.32. The molecule has 0 aliphatic carbocycles. The first-order chi connectivity index (χ1) is 16.2. The van der Waals surface area contributed by atoms with Crippen molar-refractivity contribution in [2.45, 2.75) is 25.6 Å². The van der Waals surface area contributed by atoms with Crippen LogP contribution in [0.4, 0.5) is 13.2 Å². The molecule has 1 unspecified atom stereocenters. The summed E-state index contributed by atoms with van der Waals surface area (Å²) in [6, 6.07) is 4.42. The molecule has 34 heavy (non-hydrogen) atoms. The molecule has 0 radical (unpaired) electrons. The van der Waals surface area contributed by atoms with Crippen LogP contribution in [0, 0.1) is 5.92 Å². The fourth-order valence-electron chi connectivity index (χ4n) is 3.33. The summed E-state index contributed by atoms with van der Waals surface area (Å²) in [4.78, 5) is 24.0. The maximum Gasteiger partial charge on any atom is 0.451 e. The van der Waals surface area contributed by atoms with Gasteiger partial charge in [0.05, 0.1) is 25.5 Å².